The van der Waals surface area contributed by atoms with Gasteiger partial charge < -0.3 is 18.9 Å². The Labute approximate surface area is 261 Å². The molecule has 7 heteroatoms. The number of ether oxygens (including phenoxy) is 4. The Morgan fingerprint density at radius 3 is 1.43 bits per heavy atom. The molecule has 0 heterocycles. The third-order valence-corrected chi connectivity index (χ3v) is 7.23. The molecule has 3 aromatic carbocycles. The van der Waals surface area contributed by atoms with Gasteiger partial charge >= 0.3 is 17.9 Å². The van der Waals surface area contributed by atoms with Crippen LogP contribution in [0.15, 0.2) is 72.8 Å². The molecule has 0 amide bonds. The summed E-state index contributed by atoms with van der Waals surface area (Å²) >= 11 is 0. The average Bonchev–Trinajstić information content (AvgIpc) is 3.03. The molecule has 0 saturated carbocycles. The van der Waals surface area contributed by atoms with Crippen LogP contribution in [0.2, 0.25) is 0 Å². The molecule has 0 aliphatic heterocycles. The molecule has 3 aromatic rings. The predicted octanol–water partition coefficient (Wildman–Crippen LogP) is 9.38. The number of carbonyl (C=O) groups excluding carboxylic acids is 3. The number of hydrogen-bond donors (Lipinski definition) is 0. The van der Waals surface area contributed by atoms with Crippen LogP contribution in [0, 0.1) is 0 Å². The second-order valence-electron chi connectivity index (χ2n) is 11.0. The molecule has 44 heavy (non-hydrogen) atoms. The zero-order valence-electron chi connectivity index (χ0n) is 26.3. The number of rotatable bonds is 19. The summed E-state index contributed by atoms with van der Waals surface area (Å²) in [4.78, 5) is 37.6. The van der Waals surface area contributed by atoms with E-state index in [-0.39, 0.29) is 11.7 Å². The normalized spacial score (nSPS) is 11.4. The monoisotopic (exact) mass is 602 g/mol. The number of esters is 3. The van der Waals surface area contributed by atoms with Crippen molar-refractivity contribution < 1.29 is 33.3 Å². The van der Waals surface area contributed by atoms with Gasteiger partial charge in [-0.2, -0.15) is 0 Å². The highest BCUT2D eigenvalue weighted by Crippen LogP contribution is 2.20. The second kappa shape index (κ2) is 19.2. The standard InChI is InChI=1S/C37H46O7/c1-4-6-8-10-11-13-27-41-32-21-15-30(16-22-32)36(39)43-34-25-19-31(20-26-34)37(40)44-33-23-17-29(18-24-33)35(38)42-28(3)14-12-9-7-5-2/h15-26,28H,4-14,27H2,1-3H3/t28-/m0/s1. The van der Waals surface area contributed by atoms with Crippen LogP contribution < -0.4 is 14.2 Å². The lowest BCUT2D eigenvalue weighted by atomic mass is 10.1. The lowest BCUT2D eigenvalue weighted by molar-refractivity contribution is 0.0319. The van der Waals surface area contributed by atoms with E-state index in [9.17, 15) is 14.4 Å². The minimum absolute atomic E-state index is 0.154. The van der Waals surface area contributed by atoms with Crippen molar-refractivity contribution in [2.24, 2.45) is 0 Å². The summed E-state index contributed by atoms with van der Waals surface area (Å²) in [5.41, 5.74) is 1.08. The summed E-state index contributed by atoms with van der Waals surface area (Å²) in [6.45, 7) is 6.93. The maximum atomic E-state index is 12.6. The van der Waals surface area contributed by atoms with Gasteiger partial charge in [0.2, 0.25) is 0 Å². The zero-order valence-corrected chi connectivity index (χ0v) is 26.3. The van der Waals surface area contributed by atoms with Crippen LogP contribution in [0.1, 0.15) is 122 Å². The Morgan fingerprint density at radius 2 is 0.932 bits per heavy atom. The minimum atomic E-state index is -0.574. The van der Waals surface area contributed by atoms with E-state index >= 15 is 0 Å². The molecular formula is C37H46O7. The molecule has 0 aliphatic rings. The van der Waals surface area contributed by atoms with Crippen LogP contribution in [0.25, 0.3) is 0 Å². The van der Waals surface area contributed by atoms with Gasteiger partial charge in [-0.3, -0.25) is 0 Å². The van der Waals surface area contributed by atoms with Crippen molar-refractivity contribution in [1.82, 2.24) is 0 Å². The molecule has 0 N–H and O–H groups in total. The lowest BCUT2D eigenvalue weighted by Crippen LogP contribution is -2.15. The fourth-order valence-corrected chi connectivity index (χ4v) is 4.58. The number of unbranched alkanes of at least 4 members (excludes halogenated alkanes) is 8. The van der Waals surface area contributed by atoms with Crippen LogP contribution in [-0.4, -0.2) is 30.6 Å². The summed E-state index contributed by atoms with van der Waals surface area (Å²) in [7, 11) is 0. The van der Waals surface area contributed by atoms with E-state index in [1.54, 1.807) is 48.5 Å². The Morgan fingerprint density at radius 1 is 0.523 bits per heavy atom. The SMILES string of the molecule is CCCCCCCCOc1ccc(C(=O)Oc2ccc(C(=O)Oc3ccc(C(=O)O[C@@H](C)CCCCCC)cc3)cc2)cc1. The third-order valence-electron chi connectivity index (χ3n) is 7.23. The van der Waals surface area contributed by atoms with Crippen LogP contribution in [-0.2, 0) is 4.74 Å². The molecular weight excluding hydrogens is 556 g/mol. The zero-order chi connectivity index (χ0) is 31.6. The summed E-state index contributed by atoms with van der Waals surface area (Å²) in [6.07, 6.45) is 12.4. The van der Waals surface area contributed by atoms with Crippen molar-refractivity contribution in [1.29, 1.82) is 0 Å². The molecule has 236 valence electrons. The van der Waals surface area contributed by atoms with Crippen LogP contribution in [0.5, 0.6) is 17.2 Å². The quantitative estimate of drug-likeness (QED) is 0.0767. The smallest absolute Gasteiger partial charge is 0.343 e. The number of benzene rings is 3. The van der Waals surface area contributed by atoms with Crippen LogP contribution in [0.3, 0.4) is 0 Å². The van der Waals surface area contributed by atoms with Crippen LogP contribution in [0.4, 0.5) is 0 Å². The molecule has 0 saturated heterocycles. The topological polar surface area (TPSA) is 88.1 Å². The largest absolute Gasteiger partial charge is 0.494 e. The highest BCUT2D eigenvalue weighted by Gasteiger charge is 2.15. The highest BCUT2D eigenvalue weighted by atomic mass is 16.5. The molecule has 0 fully saturated rings. The van der Waals surface area contributed by atoms with Crippen molar-refractivity contribution >= 4 is 17.9 Å². The van der Waals surface area contributed by atoms with E-state index in [1.807, 2.05) is 6.92 Å². The summed E-state index contributed by atoms with van der Waals surface area (Å²) in [6, 6.07) is 19.3. The van der Waals surface area contributed by atoms with E-state index in [1.165, 1.54) is 56.4 Å². The third kappa shape index (κ3) is 12.2. The van der Waals surface area contributed by atoms with Gasteiger partial charge in [-0.1, -0.05) is 65.2 Å². The molecule has 0 unspecified atom stereocenters. The van der Waals surface area contributed by atoms with Crippen molar-refractivity contribution in [3.63, 3.8) is 0 Å². The van der Waals surface area contributed by atoms with E-state index in [4.69, 9.17) is 18.9 Å². The molecule has 3 rings (SSSR count). The van der Waals surface area contributed by atoms with E-state index < -0.39 is 17.9 Å². The molecule has 0 spiro atoms. The van der Waals surface area contributed by atoms with Gasteiger partial charge in [-0.25, -0.2) is 14.4 Å². The van der Waals surface area contributed by atoms with Gasteiger partial charge in [0.1, 0.15) is 17.2 Å². The molecule has 0 aromatic heterocycles. The number of hydrogen-bond acceptors (Lipinski definition) is 7. The molecule has 7 nitrogen and oxygen atoms in total. The maximum Gasteiger partial charge on any atom is 0.343 e. The van der Waals surface area contributed by atoms with Crippen molar-refractivity contribution in [3.05, 3.63) is 89.5 Å². The molecule has 1 atom stereocenters. The van der Waals surface area contributed by atoms with Gasteiger partial charge in [-0.05, 0) is 99.0 Å². The highest BCUT2D eigenvalue weighted by molar-refractivity contribution is 5.93. The maximum absolute atomic E-state index is 12.6. The molecule has 0 bridgehead atoms. The first-order valence-electron chi connectivity index (χ1n) is 16.0. The summed E-state index contributed by atoms with van der Waals surface area (Å²) in [5.74, 6) is -0.159. The van der Waals surface area contributed by atoms with E-state index in [0.29, 0.717) is 29.2 Å². The van der Waals surface area contributed by atoms with Gasteiger partial charge in [0.05, 0.1) is 29.4 Å². The first-order chi connectivity index (χ1) is 21.4. The lowest BCUT2D eigenvalue weighted by Gasteiger charge is -2.13. The van der Waals surface area contributed by atoms with Crippen molar-refractivity contribution in [2.45, 2.75) is 97.5 Å². The fourth-order valence-electron chi connectivity index (χ4n) is 4.58. The fraction of sp³-hybridized carbons (Fsp3) is 0.432. The Bertz CT molecular complexity index is 1280. The second-order valence-corrected chi connectivity index (χ2v) is 11.0. The minimum Gasteiger partial charge on any atom is -0.494 e. The average molecular weight is 603 g/mol. The first-order valence-corrected chi connectivity index (χ1v) is 16.0. The van der Waals surface area contributed by atoms with E-state index in [2.05, 4.69) is 13.8 Å². The molecule has 0 radical (unpaired) electrons. The Kier molecular flexibility index (Phi) is 15.0. The predicted molar refractivity (Wildman–Crippen MR) is 172 cm³/mol. The molecule has 0 aliphatic carbocycles. The Balaban J connectivity index is 1.42. The van der Waals surface area contributed by atoms with Gasteiger partial charge in [0, 0.05) is 0 Å². The first kappa shape index (κ1) is 34.4. The van der Waals surface area contributed by atoms with E-state index in [0.717, 1.165) is 44.3 Å². The van der Waals surface area contributed by atoms with Crippen LogP contribution >= 0.6 is 0 Å². The van der Waals surface area contributed by atoms with Crippen molar-refractivity contribution in [2.75, 3.05) is 6.61 Å². The number of carbonyl (C=O) groups is 3. The van der Waals surface area contributed by atoms with Gasteiger partial charge in [-0.15, -0.1) is 0 Å². The van der Waals surface area contributed by atoms with Crippen molar-refractivity contribution in [3.8, 4) is 17.2 Å². The van der Waals surface area contributed by atoms with Gasteiger partial charge in [0.25, 0.3) is 0 Å². The van der Waals surface area contributed by atoms with Gasteiger partial charge in [0.15, 0.2) is 0 Å². The Hall–Kier alpha value is -4.13. The summed E-state index contributed by atoms with van der Waals surface area (Å²) < 4.78 is 22.2. The summed E-state index contributed by atoms with van der Waals surface area (Å²) in [5, 5.41) is 0.